The lowest BCUT2D eigenvalue weighted by molar-refractivity contribution is -0.111. The van der Waals surface area contributed by atoms with Gasteiger partial charge in [0, 0.05) is 11.8 Å². The van der Waals surface area contributed by atoms with E-state index < -0.39 is 5.97 Å². The molecule has 0 aliphatic carbocycles. The number of aryl methyl sites for hydroxylation is 1. The highest BCUT2D eigenvalue weighted by Gasteiger charge is 2.08. The Morgan fingerprint density at radius 3 is 2.54 bits per heavy atom. The molecule has 0 aliphatic rings. The standard InChI is InChI=1S/C20H21NO5/c1-4-26-18-12-14(5-9-17(18)25-3)6-10-19(22)21-16-8-7-15(20(23)24)11-13(16)2/h5-12H,4H2,1-3H3,(H,21,22)(H,23,24)/b10-6+. The first-order valence-corrected chi connectivity index (χ1v) is 8.08. The van der Waals surface area contributed by atoms with E-state index in [-0.39, 0.29) is 11.5 Å². The number of amides is 1. The van der Waals surface area contributed by atoms with Crippen molar-refractivity contribution in [2.45, 2.75) is 13.8 Å². The van der Waals surface area contributed by atoms with Gasteiger partial charge in [0.1, 0.15) is 0 Å². The number of carboxylic acid groups (broad SMARTS) is 1. The van der Waals surface area contributed by atoms with E-state index in [4.69, 9.17) is 14.6 Å². The number of hydrogen-bond acceptors (Lipinski definition) is 4. The number of rotatable bonds is 7. The van der Waals surface area contributed by atoms with Crippen LogP contribution in [0, 0.1) is 6.92 Å². The molecule has 136 valence electrons. The van der Waals surface area contributed by atoms with Gasteiger partial charge in [0.2, 0.25) is 5.91 Å². The SMILES string of the molecule is CCOc1cc(/C=C/C(=O)Nc2ccc(C(=O)O)cc2C)ccc1OC. The van der Waals surface area contributed by atoms with Crippen molar-refractivity contribution in [3.63, 3.8) is 0 Å². The van der Waals surface area contributed by atoms with Gasteiger partial charge in [-0.05, 0) is 61.4 Å². The minimum Gasteiger partial charge on any atom is -0.493 e. The maximum atomic E-state index is 12.1. The Kier molecular flexibility index (Phi) is 6.38. The van der Waals surface area contributed by atoms with E-state index in [1.54, 1.807) is 38.3 Å². The lowest BCUT2D eigenvalue weighted by Crippen LogP contribution is -2.09. The van der Waals surface area contributed by atoms with Gasteiger partial charge in [0.05, 0.1) is 19.3 Å². The molecule has 0 unspecified atom stereocenters. The zero-order valence-corrected chi connectivity index (χ0v) is 14.9. The van der Waals surface area contributed by atoms with E-state index >= 15 is 0 Å². The third kappa shape index (κ3) is 4.86. The van der Waals surface area contributed by atoms with E-state index in [1.165, 1.54) is 18.2 Å². The smallest absolute Gasteiger partial charge is 0.335 e. The third-order valence-corrected chi connectivity index (χ3v) is 3.65. The van der Waals surface area contributed by atoms with Crippen molar-refractivity contribution in [1.29, 1.82) is 0 Å². The highest BCUT2D eigenvalue weighted by molar-refractivity contribution is 6.02. The Bertz CT molecular complexity index is 842. The molecule has 2 rings (SSSR count). The second-order valence-corrected chi connectivity index (χ2v) is 5.50. The number of aromatic carboxylic acids is 1. The van der Waals surface area contributed by atoms with Gasteiger partial charge < -0.3 is 19.9 Å². The minimum absolute atomic E-state index is 0.178. The number of nitrogens with one attached hydrogen (secondary N) is 1. The molecule has 0 heterocycles. The summed E-state index contributed by atoms with van der Waals surface area (Å²) in [5, 5.41) is 11.7. The molecule has 0 radical (unpaired) electrons. The van der Waals surface area contributed by atoms with Crippen LogP contribution in [0.4, 0.5) is 5.69 Å². The van der Waals surface area contributed by atoms with Crippen LogP contribution in [0.15, 0.2) is 42.5 Å². The minimum atomic E-state index is -1.00. The molecule has 2 aromatic rings. The molecule has 1 amide bonds. The van der Waals surface area contributed by atoms with Crippen LogP contribution < -0.4 is 14.8 Å². The monoisotopic (exact) mass is 355 g/mol. The summed E-state index contributed by atoms with van der Waals surface area (Å²) in [6.45, 7) is 4.13. The molecule has 0 fully saturated rings. The molecule has 0 bridgehead atoms. The number of anilines is 1. The van der Waals surface area contributed by atoms with Crippen LogP contribution in [-0.2, 0) is 4.79 Å². The Labute approximate surface area is 152 Å². The number of carbonyl (C=O) groups is 2. The van der Waals surface area contributed by atoms with Gasteiger partial charge >= 0.3 is 5.97 Å². The predicted octanol–water partition coefficient (Wildman–Crippen LogP) is 3.75. The van der Waals surface area contributed by atoms with E-state index in [0.29, 0.717) is 29.4 Å². The molecule has 6 nitrogen and oxygen atoms in total. The number of methoxy groups -OCH3 is 1. The fraction of sp³-hybridized carbons (Fsp3) is 0.200. The van der Waals surface area contributed by atoms with Crippen LogP contribution in [0.5, 0.6) is 11.5 Å². The summed E-state index contributed by atoms with van der Waals surface area (Å²) in [7, 11) is 1.57. The Balaban J connectivity index is 2.10. The molecule has 0 saturated carbocycles. The number of carbonyl (C=O) groups excluding carboxylic acids is 1. The Morgan fingerprint density at radius 2 is 1.92 bits per heavy atom. The number of benzene rings is 2. The van der Waals surface area contributed by atoms with E-state index in [0.717, 1.165) is 5.56 Å². The third-order valence-electron chi connectivity index (χ3n) is 3.65. The topological polar surface area (TPSA) is 84.9 Å². The van der Waals surface area contributed by atoms with Crippen molar-refractivity contribution in [1.82, 2.24) is 0 Å². The second kappa shape index (κ2) is 8.71. The predicted molar refractivity (Wildman–Crippen MR) is 100.0 cm³/mol. The molecule has 6 heteroatoms. The zero-order valence-electron chi connectivity index (χ0n) is 14.9. The molecular weight excluding hydrogens is 334 g/mol. The molecule has 0 saturated heterocycles. The lowest BCUT2D eigenvalue weighted by Gasteiger charge is -2.09. The highest BCUT2D eigenvalue weighted by Crippen LogP contribution is 2.28. The average Bonchev–Trinajstić information content (AvgIpc) is 2.62. The van der Waals surface area contributed by atoms with Gasteiger partial charge in [-0.25, -0.2) is 4.79 Å². The first kappa shape index (κ1) is 19.1. The van der Waals surface area contributed by atoms with Crippen LogP contribution in [0.3, 0.4) is 0 Å². The van der Waals surface area contributed by atoms with Gasteiger partial charge in [0.25, 0.3) is 0 Å². The lowest BCUT2D eigenvalue weighted by atomic mass is 10.1. The highest BCUT2D eigenvalue weighted by atomic mass is 16.5. The van der Waals surface area contributed by atoms with Crippen LogP contribution in [0.1, 0.15) is 28.4 Å². The Morgan fingerprint density at radius 1 is 1.15 bits per heavy atom. The molecule has 0 atom stereocenters. The fourth-order valence-corrected chi connectivity index (χ4v) is 2.35. The van der Waals surface area contributed by atoms with Crippen molar-refractivity contribution in [3.05, 3.63) is 59.2 Å². The summed E-state index contributed by atoms with van der Waals surface area (Å²) in [4.78, 5) is 23.1. The average molecular weight is 355 g/mol. The summed E-state index contributed by atoms with van der Waals surface area (Å²) in [6.07, 6.45) is 3.07. The van der Waals surface area contributed by atoms with Crippen molar-refractivity contribution in [2.24, 2.45) is 0 Å². The quantitative estimate of drug-likeness (QED) is 0.739. The van der Waals surface area contributed by atoms with Crippen molar-refractivity contribution < 1.29 is 24.2 Å². The van der Waals surface area contributed by atoms with Gasteiger partial charge in [0.15, 0.2) is 11.5 Å². The van der Waals surface area contributed by atoms with Crippen LogP contribution in [0.25, 0.3) is 6.08 Å². The molecule has 2 N–H and O–H groups in total. The van der Waals surface area contributed by atoms with E-state index in [2.05, 4.69) is 5.32 Å². The number of carboxylic acids is 1. The van der Waals surface area contributed by atoms with Crippen molar-refractivity contribution >= 4 is 23.6 Å². The van der Waals surface area contributed by atoms with Crippen LogP contribution in [-0.4, -0.2) is 30.7 Å². The van der Waals surface area contributed by atoms with Crippen LogP contribution >= 0.6 is 0 Å². The zero-order chi connectivity index (χ0) is 19.1. The normalized spacial score (nSPS) is 10.6. The maximum absolute atomic E-state index is 12.1. The summed E-state index contributed by atoms with van der Waals surface area (Å²) < 4.78 is 10.7. The fourth-order valence-electron chi connectivity index (χ4n) is 2.35. The first-order chi connectivity index (χ1) is 12.4. The molecule has 0 aliphatic heterocycles. The van der Waals surface area contributed by atoms with Gasteiger partial charge in [-0.1, -0.05) is 6.07 Å². The molecule has 26 heavy (non-hydrogen) atoms. The molecule has 0 spiro atoms. The summed E-state index contributed by atoms with van der Waals surface area (Å²) in [5.41, 5.74) is 2.21. The maximum Gasteiger partial charge on any atom is 0.335 e. The summed E-state index contributed by atoms with van der Waals surface area (Å²) in [5.74, 6) is -0.0827. The van der Waals surface area contributed by atoms with Gasteiger partial charge in [-0.2, -0.15) is 0 Å². The van der Waals surface area contributed by atoms with Gasteiger partial charge in [-0.3, -0.25) is 4.79 Å². The second-order valence-electron chi connectivity index (χ2n) is 5.50. The Hall–Kier alpha value is -3.28. The molecular formula is C20H21NO5. The molecule has 0 aromatic heterocycles. The largest absolute Gasteiger partial charge is 0.493 e. The van der Waals surface area contributed by atoms with Crippen molar-refractivity contribution in [3.8, 4) is 11.5 Å². The van der Waals surface area contributed by atoms with Gasteiger partial charge in [-0.15, -0.1) is 0 Å². The van der Waals surface area contributed by atoms with Crippen LogP contribution in [0.2, 0.25) is 0 Å². The van der Waals surface area contributed by atoms with E-state index in [1.807, 2.05) is 13.0 Å². The number of hydrogen-bond donors (Lipinski definition) is 2. The first-order valence-electron chi connectivity index (χ1n) is 8.08. The summed E-state index contributed by atoms with van der Waals surface area (Å²) >= 11 is 0. The summed E-state index contributed by atoms with van der Waals surface area (Å²) in [6, 6.07) is 9.92. The van der Waals surface area contributed by atoms with Crippen molar-refractivity contribution in [2.75, 3.05) is 19.0 Å². The van der Waals surface area contributed by atoms with E-state index in [9.17, 15) is 9.59 Å². The number of ether oxygens (including phenoxy) is 2. The molecule has 2 aromatic carbocycles.